The summed E-state index contributed by atoms with van der Waals surface area (Å²) in [6, 6.07) is 11.6. The maximum atomic E-state index is 12.5. The van der Waals surface area contributed by atoms with Crippen LogP contribution in [0.25, 0.3) is 10.8 Å². The molecule has 0 N–H and O–H groups in total. The van der Waals surface area contributed by atoms with Crippen LogP contribution in [0.4, 0.5) is 5.69 Å². The molecule has 0 atom stereocenters. The van der Waals surface area contributed by atoms with Crippen molar-refractivity contribution in [1.29, 1.82) is 0 Å². The molecule has 2 aromatic heterocycles. The number of aryl methyl sites for hydroxylation is 1. The Morgan fingerprint density at radius 2 is 2.12 bits per heavy atom. The third-order valence-electron chi connectivity index (χ3n) is 4.06. The Bertz CT molecular complexity index is 927. The Morgan fingerprint density at radius 1 is 1.25 bits per heavy atom. The molecule has 0 saturated heterocycles. The van der Waals surface area contributed by atoms with Gasteiger partial charge in [-0.15, -0.1) is 16.4 Å². The fraction of sp³-hybridized carbons (Fsp3) is 0.235. The van der Waals surface area contributed by atoms with Gasteiger partial charge in [-0.3, -0.25) is 4.79 Å². The first-order valence-electron chi connectivity index (χ1n) is 7.72. The summed E-state index contributed by atoms with van der Waals surface area (Å²) in [7, 11) is 0. The predicted octanol–water partition coefficient (Wildman–Crippen LogP) is 2.54. The normalized spacial score (nSPS) is 13.2. The number of aromatic nitrogens is 2. The Balaban J connectivity index is 1.46. The van der Waals surface area contributed by atoms with Gasteiger partial charge in [0.1, 0.15) is 0 Å². The number of para-hydroxylation sites is 1. The molecule has 3 aromatic rings. The van der Waals surface area contributed by atoms with E-state index in [2.05, 4.69) is 5.10 Å². The van der Waals surface area contributed by atoms with Crippen molar-refractivity contribution in [3.8, 4) is 10.8 Å². The number of rotatable bonds is 4. The molecule has 0 radical (unpaired) electrons. The first-order valence-corrected chi connectivity index (χ1v) is 8.60. The molecular weight excluding hydrogens is 326 g/mol. The van der Waals surface area contributed by atoms with E-state index in [0.717, 1.165) is 17.0 Å². The Kier molecular flexibility index (Phi) is 3.78. The van der Waals surface area contributed by atoms with Gasteiger partial charge in [-0.05, 0) is 29.5 Å². The number of nitrogens with zero attached hydrogens (tertiary/aromatic N) is 3. The molecule has 24 heavy (non-hydrogen) atoms. The zero-order valence-electron chi connectivity index (χ0n) is 12.8. The molecule has 3 heterocycles. The summed E-state index contributed by atoms with van der Waals surface area (Å²) in [6.07, 6.45) is 1.08. The first kappa shape index (κ1) is 14.9. The van der Waals surface area contributed by atoms with Crippen LogP contribution in [0, 0.1) is 0 Å². The lowest BCUT2D eigenvalue weighted by Crippen LogP contribution is -2.30. The highest BCUT2D eigenvalue weighted by Crippen LogP contribution is 2.28. The summed E-state index contributed by atoms with van der Waals surface area (Å²) in [6.45, 7) is 0.900. The predicted molar refractivity (Wildman–Crippen MR) is 91.2 cm³/mol. The summed E-state index contributed by atoms with van der Waals surface area (Å²) >= 11 is 1.45. The second kappa shape index (κ2) is 6.09. The number of carbonyl (C=O) groups is 1. The number of amides is 1. The van der Waals surface area contributed by atoms with Crippen LogP contribution >= 0.6 is 11.3 Å². The highest BCUT2D eigenvalue weighted by Gasteiger charge is 2.24. The number of carbonyl (C=O) groups excluding carboxylic acids is 1. The van der Waals surface area contributed by atoms with Crippen LogP contribution in [-0.2, 0) is 17.8 Å². The fourth-order valence-electron chi connectivity index (χ4n) is 2.88. The average Bonchev–Trinajstić information content (AvgIpc) is 3.32. The SMILES string of the molecule is O=C(CCn1nc(-c2cccs2)oc1=O)N1CCc2ccccc21. The minimum absolute atomic E-state index is 0.00692. The first-order chi connectivity index (χ1) is 11.7. The number of hydrogen-bond acceptors (Lipinski definition) is 5. The molecule has 1 aliphatic heterocycles. The number of fused-ring (bicyclic) bond motifs is 1. The molecule has 0 fully saturated rings. The zero-order valence-corrected chi connectivity index (χ0v) is 13.7. The smallest absolute Gasteiger partial charge is 0.387 e. The molecule has 7 heteroatoms. The van der Waals surface area contributed by atoms with Gasteiger partial charge in [0.15, 0.2) is 0 Å². The molecule has 1 aromatic carbocycles. The van der Waals surface area contributed by atoms with Gasteiger partial charge in [-0.25, -0.2) is 4.79 Å². The lowest BCUT2D eigenvalue weighted by Gasteiger charge is -2.16. The van der Waals surface area contributed by atoms with E-state index in [4.69, 9.17) is 4.42 Å². The van der Waals surface area contributed by atoms with E-state index in [0.29, 0.717) is 12.4 Å². The lowest BCUT2D eigenvalue weighted by atomic mass is 10.2. The maximum absolute atomic E-state index is 12.5. The van der Waals surface area contributed by atoms with Crippen molar-refractivity contribution in [2.24, 2.45) is 0 Å². The Morgan fingerprint density at radius 3 is 2.96 bits per heavy atom. The third-order valence-corrected chi connectivity index (χ3v) is 4.92. The van der Waals surface area contributed by atoms with E-state index in [1.807, 2.05) is 41.8 Å². The van der Waals surface area contributed by atoms with Gasteiger partial charge < -0.3 is 9.32 Å². The second-order valence-electron chi connectivity index (χ2n) is 5.55. The minimum atomic E-state index is -0.534. The van der Waals surface area contributed by atoms with Crippen LogP contribution in [0.1, 0.15) is 12.0 Å². The van der Waals surface area contributed by atoms with E-state index in [1.54, 1.807) is 4.90 Å². The maximum Gasteiger partial charge on any atom is 0.437 e. The van der Waals surface area contributed by atoms with Crippen LogP contribution < -0.4 is 10.7 Å². The van der Waals surface area contributed by atoms with Gasteiger partial charge in [-0.1, -0.05) is 24.3 Å². The molecule has 0 bridgehead atoms. The van der Waals surface area contributed by atoms with Crippen molar-refractivity contribution in [3.63, 3.8) is 0 Å². The van der Waals surface area contributed by atoms with Gasteiger partial charge in [0.05, 0.1) is 11.4 Å². The molecule has 122 valence electrons. The van der Waals surface area contributed by atoms with Gasteiger partial charge in [0.25, 0.3) is 5.89 Å². The second-order valence-corrected chi connectivity index (χ2v) is 6.50. The molecule has 0 unspecified atom stereocenters. The number of thiophene rings is 1. The van der Waals surface area contributed by atoms with Crippen LogP contribution in [0.2, 0.25) is 0 Å². The molecular formula is C17H15N3O3S. The van der Waals surface area contributed by atoms with E-state index in [1.165, 1.54) is 21.6 Å². The summed E-state index contributed by atoms with van der Waals surface area (Å²) < 4.78 is 6.37. The van der Waals surface area contributed by atoms with E-state index in [9.17, 15) is 9.59 Å². The van der Waals surface area contributed by atoms with Crippen LogP contribution in [0.15, 0.2) is 51.0 Å². The molecule has 0 saturated carbocycles. The summed E-state index contributed by atoms with van der Waals surface area (Å²) in [4.78, 5) is 26.9. The highest BCUT2D eigenvalue weighted by molar-refractivity contribution is 7.13. The quantitative estimate of drug-likeness (QED) is 0.731. The summed E-state index contributed by atoms with van der Waals surface area (Å²) in [5, 5.41) is 6.06. The van der Waals surface area contributed by atoms with Crippen LogP contribution in [0.3, 0.4) is 0 Å². The molecule has 1 aliphatic rings. The minimum Gasteiger partial charge on any atom is -0.387 e. The van der Waals surface area contributed by atoms with Crippen molar-refractivity contribution in [1.82, 2.24) is 9.78 Å². The lowest BCUT2D eigenvalue weighted by molar-refractivity contribution is -0.118. The molecule has 0 aliphatic carbocycles. The van der Waals surface area contributed by atoms with Gasteiger partial charge in [0, 0.05) is 18.7 Å². The summed E-state index contributed by atoms with van der Waals surface area (Å²) in [5.74, 6) is -0.241. The zero-order chi connectivity index (χ0) is 16.5. The average molecular weight is 341 g/mol. The Hall–Kier alpha value is -2.67. The van der Waals surface area contributed by atoms with E-state index < -0.39 is 5.76 Å². The topological polar surface area (TPSA) is 68.3 Å². The summed E-state index contributed by atoms with van der Waals surface area (Å²) in [5.41, 5.74) is 2.15. The van der Waals surface area contributed by atoms with Crippen molar-refractivity contribution >= 4 is 22.9 Å². The van der Waals surface area contributed by atoms with Gasteiger partial charge >= 0.3 is 5.76 Å². The highest BCUT2D eigenvalue weighted by atomic mass is 32.1. The van der Waals surface area contributed by atoms with Gasteiger partial charge in [0.2, 0.25) is 5.91 Å². The van der Waals surface area contributed by atoms with Gasteiger partial charge in [-0.2, -0.15) is 4.68 Å². The van der Waals surface area contributed by atoms with Crippen molar-refractivity contribution in [2.45, 2.75) is 19.4 Å². The number of anilines is 1. The fourth-order valence-corrected chi connectivity index (χ4v) is 3.53. The molecule has 4 rings (SSSR count). The monoisotopic (exact) mass is 341 g/mol. The van der Waals surface area contributed by atoms with Crippen molar-refractivity contribution in [2.75, 3.05) is 11.4 Å². The number of benzene rings is 1. The van der Waals surface area contributed by atoms with Crippen LogP contribution in [0.5, 0.6) is 0 Å². The standard InChI is InChI=1S/C17H15N3O3S/c21-15(19-9-7-12-4-1-2-5-13(12)19)8-10-20-17(22)23-16(18-20)14-6-3-11-24-14/h1-6,11H,7-10H2. The van der Waals surface area contributed by atoms with Crippen molar-refractivity contribution in [3.05, 3.63) is 57.9 Å². The molecule has 1 amide bonds. The van der Waals surface area contributed by atoms with Crippen LogP contribution in [-0.4, -0.2) is 22.2 Å². The Labute approximate surface area is 141 Å². The third kappa shape index (κ3) is 2.67. The van der Waals surface area contributed by atoms with E-state index >= 15 is 0 Å². The molecule has 0 spiro atoms. The largest absolute Gasteiger partial charge is 0.437 e. The molecule has 6 nitrogen and oxygen atoms in total. The van der Waals surface area contributed by atoms with E-state index in [-0.39, 0.29) is 18.9 Å². The van der Waals surface area contributed by atoms with Crippen molar-refractivity contribution < 1.29 is 9.21 Å². The number of hydrogen-bond donors (Lipinski definition) is 0.